The van der Waals surface area contributed by atoms with Crippen LogP contribution in [0.1, 0.15) is 25.7 Å². The normalized spacial score (nSPS) is 21.9. The number of rotatable bonds is 1. The van der Waals surface area contributed by atoms with E-state index in [0.717, 1.165) is 31.6 Å². The van der Waals surface area contributed by atoms with E-state index in [1.807, 2.05) is 6.07 Å². The molecule has 0 unspecified atom stereocenters. The Morgan fingerprint density at radius 3 is 2.35 bits per heavy atom. The van der Waals surface area contributed by atoms with Crippen molar-refractivity contribution in [2.45, 2.75) is 25.7 Å². The largest absolute Gasteiger partial charge is 0.371 e. The SMILES string of the molecule is O=C1CC2(CCN(c3cccc(F)c3)CC2)CC(=O)N1. The van der Waals surface area contributed by atoms with Crippen molar-refractivity contribution in [3.63, 3.8) is 0 Å². The van der Waals surface area contributed by atoms with Crippen LogP contribution >= 0.6 is 0 Å². The van der Waals surface area contributed by atoms with Crippen LogP contribution in [0.25, 0.3) is 0 Å². The molecular formula is C15H17FN2O2. The van der Waals surface area contributed by atoms with Gasteiger partial charge < -0.3 is 4.90 Å². The molecule has 5 heteroatoms. The van der Waals surface area contributed by atoms with Gasteiger partial charge in [0, 0.05) is 31.6 Å². The van der Waals surface area contributed by atoms with Crippen molar-refractivity contribution in [3.8, 4) is 0 Å². The molecule has 2 aliphatic rings. The van der Waals surface area contributed by atoms with Gasteiger partial charge in [-0.25, -0.2) is 4.39 Å². The van der Waals surface area contributed by atoms with E-state index in [1.165, 1.54) is 12.1 Å². The summed E-state index contributed by atoms with van der Waals surface area (Å²) in [5, 5.41) is 2.36. The van der Waals surface area contributed by atoms with E-state index >= 15 is 0 Å². The van der Waals surface area contributed by atoms with Crippen molar-refractivity contribution >= 4 is 17.5 Å². The highest BCUT2D eigenvalue weighted by molar-refractivity contribution is 5.98. The van der Waals surface area contributed by atoms with Crippen LogP contribution < -0.4 is 10.2 Å². The number of hydrogen-bond donors (Lipinski definition) is 1. The molecule has 106 valence electrons. The number of piperidine rings is 2. The molecule has 0 aromatic heterocycles. The van der Waals surface area contributed by atoms with Gasteiger partial charge in [-0.05, 0) is 36.5 Å². The van der Waals surface area contributed by atoms with Gasteiger partial charge in [0.25, 0.3) is 0 Å². The minimum absolute atomic E-state index is 0.166. The fourth-order valence-electron chi connectivity index (χ4n) is 3.25. The molecule has 2 saturated heterocycles. The molecule has 1 N–H and O–H groups in total. The Kier molecular flexibility index (Phi) is 3.20. The summed E-state index contributed by atoms with van der Waals surface area (Å²) in [5.74, 6) is -0.573. The van der Waals surface area contributed by atoms with Crippen molar-refractivity contribution in [1.29, 1.82) is 0 Å². The van der Waals surface area contributed by atoms with Crippen LogP contribution in [0.2, 0.25) is 0 Å². The molecule has 2 aliphatic heterocycles. The van der Waals surface area contributed by atoms with E-state index < -0.39 is 0 Å². The highest BCUT2D eigenvalue weighted by Gasteiger charge is 2.41. The van der Waals surface area contributed by atoms with Gasteiger partial charge in [0.1, 0.15) is 5.82 Å². The standard InChI is InChI=1S/C15H17FN2O2/c16-11-2-1-3-12(8-11)18-6-4-15(5-7-18)9-13(19)17-14(20)10-15/h1-3,8H,4-7,9-10H2,(H,17,19,20). The molecule has 0 saturated carbocycles. The van der Waals surface area contributed by atoms with Gasteiger partial charge in [-0.3, -0.25) is 14.9 Å². The first-order valence-electron chi connectivity index (χ1n) is 6.90. The lowest BCUT2D eigenvalue weighted by Crippen LogP contribution is -2.50. The average Bonchev–Trinajstić information content (AvgIpc) is 2.38. The summed E-state index contributed by atoms with van der Waals surface area (Å²) >= 11 is 0. The third kappa shape index (κ3) is 2.53. The molecule has 0 atom stereocenters. The molecule has 2 amide bonds. The summed E-state index contributed by atoms with van der Waals surface area (Å²) in [5.41, 5.74) is 0.676. The quantitative estimate of drug-likeness (QED) is 0.796. The third-order valence-corrected chi connectivity index (χ3v) is 4.35. The lowest BCUT2D eigenvalue weighted by atomic mass is 9.71. The molecule has 1 spiro atoms. The second-order valence-corrected chi connectivity index (χ2v) is 5.79. The Bertz CT molecular complexity index is 533. The Morgan fingerprint density at radius 2 is 1.75 bits per heavy atom. The zero-order valence-electron chi connectivity index (χ0n) is 11.2. The van der Waals surface area contributed by atoms with Crippen LogP contribution in [0.5, 0.6) is 0 Å². The van der Waals surface area contributed by atoms with E-state index in [-0.39, 0.29) is 23.0 Å². The zero-order valence-corrected chi connectivity index (χ0v) is 11.2. The van der Waals surface area contributed by atoms with Crippen LogP contribution in [-0.4, -0.2) is 24.9 Å². The molecule has 0 bridgehead atoms. The fourth-order valence-corrected chi connectivity index (χ4v) is 3.25. The summed E-state index contributed by atoms with van der Waals surface area (Å²) < 4.78 is 13.2. The van der Waals surface area contributed by atoms with Gasteiger partial charge in [0.15, 0.2) is 0 Å². The zero-order chi connectivity index (χ0) is 14.2. The number of imide groups is 1. The molecular weight excluding hydrogens is 259 g/mol. The summed E-state index contributed by atoms with van der Waals surface area (Å²) in [6.07, 6.45) is 2.44. The number of hydrogen-bond acceptors (Lipinski definition) is 3. The number of halogens is 1. The molecule has 4 nitrogen and oxygen atoms in total. The maximum absolute atomic E-state index is 13.2. The van der Waals surface area contributed by atoms with Crippen molar-refractivity contribution < 1.29 is 14.0 Å². The van der Waals surface area contributed by atoms with Crippen LogP contribution in [0, 0.1) is 11.2 Å². The topological polar surface area (TPSA) is 49.4 Å². The molecule has 1 aromatic carbocycles. The number of carbonyl (C=O) groups excluding carboxylic acids is 2. The lowest BCUT2D eigenvalue weighted by Gasteiger charge is -2.43. The minimum atomic E-state index is -0.241. The van der Waals surface area contributed by atoms with Gasteiger partial charge in [0.05, 0.1) is 0 Å². The molecule has 2 heterocycles. The average molecular weight is 276 g/mol. The van der Waals surface area contributed by atoms with Crippen molar-refractivity contribution in [1.82, 2.24) is 5.32 Å². The van der Waals surface area contributed by atoms with E-state index in [4.69, 9.17) is 0 Å². The number of nitrogens with zero attached hydrogens (tertiary/aromatic N) is 1. The molecule has 0 aliphatic carbocycles. The van der Waals surface area contributed by atoms with Gasteiger partial charge in [-0.1, -0.05) is 6.07 Å². The number of nitrogens with one attached hydrogen (secondary N) is 1. The van der Waals surface area contributed by atoms with Crippen LogP contribution in [0.3, 0.4) is 0 Å². The third-order valence-electron chi connectivity index (χ3n) is 4.35. The van der Waals surface area contributed by atoms with Gasteiger partial charge in [-0.15, -0.1) is 0 Å². The molecule has 0 radical (unpaired) electrons. The summed E-state index contributed by atoms with van der Waals surface area (Å²) in [6, 6.07) is 6.54. The highest BCUT2D eigenvalue weighted by atomic mass is 19.1. The van der Waals surface area contributed by atoms with E-state index in [2.05, 4.69) is 10.2 Å². The Hall–Kier alpha value is -1.91. The van der Waals surface area contributed by atoms with Gasteiger partial charge >= 0.3 is 0 Å². The first-order chi connectivity index (χ1) is 9.56. The van der Waals surface area contributed by atoms with E-state index in [1.54, 1.807) is 6.07 Å². The second-order valence-electron chi connectivity index (χ2n) is 5.79. The Labute approximate surface area is 117 Å². The summed E-state index contributed by atoms with van der Waals surface area (Å²) in [4.78, 5) is 25.2. The van der Waals surface area contributed by atoms with Gasteiger partial charge in [-0.2, -0.15) is 0 Å². The lowest BCUT2D eigenvalue weighted by molar-refractivity contribution is -0.138. The van der Waals surface area contributed by atoms with E-state index in [0.29, 0.717) is 12.8 Å². The summed E-state index contributed by atoms with van der Waals surface area (Å²) in [7, 11) is 0. The first-order valence-corrected chi connectivity index (χ1v) is 6.90. The number of amides is 2. The number of anilines is 1. The van der Waals surface area contributed by atoms with E-state index in [9.17, 15) is 14.0 Å². The monoisotopic (exact) mass is 276 g/mol. The minimum Gasteiger partial charge on any atom is -0.371 e. The molecule has 20 heavy (non-hydrogen) atoms. The van der Waals surface area contributed by atoms with Crippen LogP contribution in [0.4, 0.5) is 10.1 Å². The van der Waals surface area contributed by atoms with Crippen molar-refractivity contribution in [2.24, 2.45) is 5.41 Å². The molecule has 2 fully saturated rings. The molecule has 1 aromatic rings. The number of benzene rings is 1. The van der Waals surface area contributed by atoms with Crippen molar-refractivity contribution in [2.75, 3.05) is 18.0 Å². The maximum atomic E-state index is 13.2. The predicted octanol–water partition coefficient (Wildman–Crippen LogP) is 1.85. The van der Waals surface area contributed by atoms with Gasteiger partial charge in [0.2, 0.25) is 11.8 Å². The predicted molar refractivity (Wildman–Crippen MR) is 72.7 cm³/mol. The first kappa shape index (κ1) is 13.1. The Balaban J connectivity index is 1.70. The summed E-state index contributed by atoms with van der Waals surface area (Å²) in [6.45, 7) is 1.51. The maximum Gasteiger partial charge on any atom is 0.227 e. The van der Waals surface area contributed by atoms with Crippen LogP contribution in [-0.2, 0) is 9.59 Å². The smallest absolute Gasteiger partial charge is 0.227 e. The highest BCUT2D eigenvalue weighted by Crippen LogP contribution is 2.41. The second kappa shape index (κ2) is 4.89. The fraction of sp³-hybridized carbons (Fsp3) is 0.467. The number of carbonyl (C=O) groups is 2. The van der Waals surface area contributed by atoms with Crippen LogP contribution in [0.15, 0.2) is 24.3 Å². The van der Waals surface area contributed by atoms with Crippen molar-refractivity contribution in [3.05, 3.63) is 30.1 Å². The Morgan fingerprint density at radius 1 is 1.10 bits per heavy atom. The molecule has 3 rings (SSSR count).